The van der Waals surface area contributed by atoms with Crippen LogP contribution in [0.2, 0.25) is 0 Å². The first-order chi connectivity index (χ1) is 19.0. The summed E-state index contributed by atoms with van der Waals surface area (Å²) in [5.41, 5.74) is 3.56. The van der Waals surface area contributed by atoms with Crippen molar-refractivity contribution in [3.05, 3.63) is 53.7 Å². The van der Waals surface area contributed by atoms with Gasteiger partial charge in [-0.3, -0.25) is 9.89 Å². The van der Waals surface area contributed by atoms with Gasteiger partial charge in [-0.1, -0.05) is 6.07 Å². The highest BCUT2D eigenvalue weighted by molar-refractivity contribution is 6.10. The number of rotatable bonds is 6. The number of benzene rings is 2. The maximum Gasteiger partial charge on any atom is 0.235 e. The normalized spacial score (nSPS) is 23.8. The number of nitrogens with one attached hydrogen (secondary N) is 3. The summed E-state index contributed by atoms with van der Waals surface area (Å²) in [5, 5.41) is 15.0. The number of anilines is 4. The molecule has 4 aliphatic rings. The van der Waals surface area contributed by atoms with Gasteiger partial charge in [0.25, 0.3) is 0 Å². The second-order valence-corrected chi connectivity index (χ2v) is 11.0. The Morgan fingerprint density at radius 3 is 2.74 bits per heavy atom. The van der Waals surface area contributed by atoms with Crippen LogP contribution in [-0.2, 0) is 14.9 Å². The van der Waals surface area contributed by atoms with Crippen molar-refractivity contribution in [2.24, 2.45) is 5.41 Å². The summed E-state index contributed by atoms with van der Waals surface area (Å²) in [5.74, 6) is 3.28. The third-order valence-electron chi connectivity index (χ3n) is 8.66. The van der Waals surface area contributed by atoms with E-state index < -0.39 is 5.41 Å². The molecule has 11 nitrogen and oxygen atoms in total. The maximum absolute atomic E-state index is 13.1. The van der Waals surface area contributed by atoms with Crippen molar-refractivity contribution in [3.8, 4) is 11.5 Å². The van der Waals surface area contributed by atoms with E-state index in [2.05, 4.69) is 42.8 Å². The molecule has 0 radical (unpaired) electrons. The summed E-state index contributed by atoms with van der Waals surface area (Å²) in [6.07, 6.45) is 2.44. The molecule has 2 aromatic heterocycles. The molecule has 198 valence electrons. The number of aromatic nitrogens is 4. The van der Waals surface area contributed by atoms with Gasteiger partial charge in [0.2, 0.25) is 11.9 Å². The van der Waals surface area contributed by atoms with Crippen LogP contribution in [0.15, 0.2) is 42.6 Å². The fraction of sp³-hybridized carbons (Fsp3) is 0.357. The minimum atomic E-state index is -0.551. The Kier molecular flexibility index (Phi) is 4.53. The second kappa shape index (κ2) is 7.82. The molecule has 0 bridgehead atoms. The Morgan fingerprint density at radius 2 is 1.97 bits per heavy atom. The number of hydrogen-bond acceptors (Lipinski definition) is 9. The number of fused-ring (bicyclic) bond motifs is 3. The van der Waals surface area contributed by atoms with E-state index in [1.54, 1.807) is 20.4 Å². The van der Waals surface area contributed by atoms with Crippen molar-refractivity contribution >= 4 is 40.1 Å². The van der Waals surface area contributed by atoms with E-state index in [9.17, 15) is 4.79 Å². The zero-order valence-electron chi connectivity index (χ0n) is 21.6. The lowest BCUT2D eigenvalue weighted by atomic mass is 9.78. The molecule has 2 spiro atoms. The molecule has 4 aromatic rings. The Bertz CT molecular complexity index is 1660. The van der Waals surface area contributed by atoms with Crippen LogP contribution in [0.1, 0.15) is 23.5 Å². The van der Waals surface area contributed by atoms with Crippen LogP contribution in [0.3, 0.4) is 0 Å². The van der Waals surface area contributed by atoms with Gasteiger partial charge in [0.15, 0.2) is 17.4 Å². The molecule has 1 amide bonds. The van der Waals surface area contributed by atoms with E-state index in [0.29, 0.717) is 23.3 Å². The van der Waals surface area contributed by atoms with Gasteiger partial charge in [-0.2, -0.15) is 10.1 Å². The Balaban J connectivity index is 1.07. The molecule has 8 rings (SSSR count). The predicted molar refractivity (Wildman–Crippen MR) is 144 cm³/mol. The summed E-state index contributed by atoms with van der Waals surface area (Å²) in [6.45, 7) is 3.40. The molecule has 2 saturated heterocycles. The fourth-order valence-electron chi connectivity index (χ4n) is 6.39. The fourth-order valence-corrected chi connectivity index (χ4v) is 6.39. The lowest BCUT2D eigenvalue weighted by Gasteiger charge is -2.54. The molecular weight excluding hydrogens is 498 g/mol. The van der Waals surface area contributed by atoms with Gasteiger partial charge >= 0.3 is 0 Å². The van der Waals surface area contributed by atoms with Crippen molar-refractivity contribution in [3.63, 3.8) is 0 Å². The Hall–Kier alpha value is -4.38. The summed E-state index contributed by atoms with van der Waals surface area (Å²) in [7, 11) is 3.24. The van der Waals surface area contributed by atoms with Crippen LogP contribution in [0.25, 0.3) is 10.9 Å². The largest absolute Gasteiger partial charge is 0.497 e. The molecule has 3 aliphatic heterocycles. The molecule has 3 N–H and O–H groups in total. The number of carbonyl (C=O) groups is 1. The van der Waals surface area contributed by atoms with Gasteiger partial charge in [-0.25, -0.2) is 4.98 Å². The lowest BCUT2D eigenvalue weighted by Crippen LogP contribution is -2.66. The van der Waals surface area contributed by atoms with Gasteiger partial charge in [-0.15, -0.1) is 0 Å². The van der Waals surface area contributed by atoms with Crippen LogP contribution in [0, 0.1) is 5.41 Å². The standard InChI is InChI=1S/C28H27N7O4/c1-37-16-4-6-20-18(8-16)28(25(36)30-20)9-19(28)15-3-5-17-21(7-15)33-34-23(17)31-24-22(38-2)10-29-26(32-24)35-11-27(12-35)13-39-14-27/h3-8,10,19H,9,11-14H2,1-2H3,(H,30,36)(H2,29,31,32,33,34)/t19-,28-/m0/s1. The van der Waals surface area contributed by atoms with Crippen molar-refractivity contribution in [1.82, 2.24) is 20.2 Å². The monoisotopic (exact) mass is 525 g/mol. The predicted octanol–water partition coefficient (Wildman–Crippen LogP) is 3.33. The van der Waals surface area contributed by atoms with Crippen molar-refractivity contribution in [1.29, 1.82) is 0 Å². The Labute approximate surface area is 223 Å². The molecule has 11 heteroatoms. The number of aromatic amines is 1. The van der Waals surface area contributed by atoms with E-state index in [0.717, 1.165) is 66.2 Å². The summed E-state index contributed by atoms with van der Waals surface area (Å²) < 4.78 is 16.3. The molecule has 2 atom stereocenters. The van der Waals surface area contributed by atoms with Gasteiger partial charge < -0.3 is 29.7 Å². The van der Waals surface area contributed by atoms with Gasteiger partial charge in [-0.05, 0) is 47.9 Å². The molecule has 2 aromatic carbocycles. The lowest BCUT2D eigenvalue weighted by molar-refractivity contribution is -0.127. The van der Waals surface area contributed by atoms with Gasteiger partial charge in [0, 0.05) is 30.1 Å². The topological polar surface area (TPSA) is 127 Å². The highest BCUT2D eigenvalue weighted by Gasteiger charge is 2.65. The summed E-state index contributed by atoms with van der Waals surface area (Å²) in [4.78, 5) is 24.5. The van der Waals surface area contributed by atoms with Crippen LogP contribution in [0.4, 0.5) is 23.3 Å². The van der Waals surface area contributed by atoms with Gasteiger partial charge in [0.1, 0.15) is 5.75 Å². The molecule has 1 aliphatic carbocycles. The number of H-pyrrole nitrogens is 1. The first kappa shape index (κ1) is 22.6. The average molecular weight is 526 g/mol. The van der Waals surface area contributed by atoms with Gasteiger partial charge in [0.05, 0.1) is 50.0 Å². The quantitative estimate of drug-likeness (QED) is 0.347. The third kappa shape index (κ3) is 3.19. The number of hydrogen-bond donors (Lipinski definition) is 3. The van der Waals surface area contributed by atoms with Crippen LogP contribution >= 0.6 is 0 Å². The zero-order chi connectivity index (χ0) is 26.4. The molecule has 3 fully saturated rings. The number of ether oxygens (including phenoxy) is 3. The van der Waals surface area contributed by atoms with Crippen molar-refractivity contribution in [2.45, 2.75) is 17.8 Å². The van der Waals surface area contributed by atoms with Crippen LogP contribution < -0.4 is 25.0 Å². The van der Waals surface area contributed by atoms with E-state index in [1.807, 2.05) is 24.3 Å². The highest BCUT2D eigenvalue weighted by Crippen LogP contribution is 2.65. The van der Waals surface area contributed by atoms with E-state index in [-0.39, 0.29) is 17.2 Å². The Morgan fingerprint density at radius 1 is 1.10 bits per heavy atom. The average Bonchev–Trinajstić information content (AvgIpc) is 3.45. The number of nitrogens with zero attached hydrogens (tertiary/aromatic N) is 4. The molecule has 39 heavy (non-hydrogen) atoms. The van der Waals surface area contributed by atoms with E-state index in [4.69, 9.17) is 19.2 Å². The third-order valence-corrected chi connectivity index (χ3v) is 8.66. The van der Waals surface area contributed by atoms with Crippen molar-refractivity contribution in [2.75, 3.05) is 56.1 Å². The van der Waals surface area contributed by atoms with Crippen LogP contribution in [-0.4, -0.2) is 66.6 Å². The minimum Gasteiger partial charge on any atom is -0.497 e. The molecule has 1 saturated carbocycles. The van der Waals surface area contributed by atoms with E-state index >= 15 is 0 Å². The molecule has 5 heterocycles. The SMILES string of the molecule is COc1ccc2c(c1)[C@]1(C[C@H]1c1ccc3c(Nc4nc(N5CC6(COC6)C5)ncc4OC)n[nH]c3c1)C(=O)N2. The molecular formula is C28H27N7O4. The van der Waals surface area contributed by atoms with E-state index in [1.165, 1.54) is 0 Å². The summed E-state index contributed by atoms with van der Waals surface area (Å²) >= 11 is 0. The summed E-state index contributed by atoms with van der Waals surface area (Å²) in [6, 6.07) is 12.0. The maximum atomic E-state index is 13.1. The smallest absolute Gasteiger partial charge is 0.235 e. The molecule has 0 unspecified atom stereocenters. The highest BCUT2D eigenvalue weighted by atomic mass is 16.5. The number of methoxy groups -OCH3 is 2. The first-order valence-corrected chi connectivity index (χ1v) is 13.0. The van der Waals surface area contributed by atoms with Crippen molar-refractivity contribution < 1.29 is 19.0 Å². The number of amides is 1. The zero-order valence-corrected chi connectivity index (χ0v) is 21.6. The number of carbonyl (C=O) groups excluding carboxylic acids is 1. The second-order valence-electron chi connectivity index (χ2n) is 11.0. The van der Waals surface area contributed by atoms with Crippen LogP contribution in [0.5, 0.6) is 11.5 Å². The first-order valence-electron chi connectivity index (χ1n) is 13.0. The minimum absolute atomic E-state index is 0.0486.